The third kappa shape index (κ3) is 4.49. The molecule has 0 spiro atoms. The van der Waals surface area contributed by atoms with Crippen LogP contribution in [0, 0.1) is 0 Å². The van der Waals surface area contributed by atoms with E-state index in [1.165, 1.54) is 6.07 Å². The number of ether oxygens (including phenoxy) is 1. The first kappa shape index (κ1) is 18.8. The second-order valence-electron chi connectivity index (χ2n) is 6.19. The van der Waals surface area contributed by atoms with E-state index in [1.807, 2.05) is 48.5 Å². The first-order chi connectivity index (χ1) is 14.1. The second-order valence-corrected chi connectivity index (χ2v) is 7.11. The molecule has 7 nitrogen and oxygen atoms in total. The lowest BCUT2D eigenvalue weighted by molar-refractivity contribution is 0.0826. The monoisotopic (exact) mass is 453 g/mol. The summed E-state index contributed by atoms with van der Waals surface area (Å²) >= 11 is 3.38. The van der Waals surface area contributed by atoms with Crippen molar-refractivity contribution in [2.45, 2.75) is 6.61 Å². The van der Waals surface area contributed by atoms with Crippen molar-refractivity contribution in [3.05, 3.63) is 88.4 Å². The maximum Gasteiger partial charge on any atom is 0.305 e. The zero-order valence-electron chi connectivity index (χ0n) is 15.1. The van der Waals surface area contributed by atoms with Crippen molar-refractivity contribution in [2.24, 2.45) is 0 Å². The number of aromatic nitrogens is 1. The first-order valence-corrected chi connectivity index (χ1v) is 9.53. The molecule has 3 N–H and O–H groups in total. The highest BCUT2D eigenvalue weighted by molar-refractivity contribution is 9.10. The Labute approximate surface area is 174 Å². The lowest BCUT2D eigenvalue weighted by Gasteiger charge is -2.05. The van der Waals surface area contributed by atoms with Crippen molar-refractivity contribution >= 4 is 38.6 Å². The summed E-state index contributed by atoms with van der Waals surface area (Å²) < 4.78 is 11.9. The molecule has 0 unspecified atom stereocenters. The fourth-order valence-electron chi connectivity index (χ4n) is 2.71. The summed E-state index contributed by atoms with van der Waals surface area (Å²) in [6.45, 7) is 0.189. The summed E-state index contributed by atoms with van der Waals surface area (Å²) in [4.78, 5) is 27.5. The molecule has 2 aromatic carbocycles. The average molecular weight is 454 g/mol. The van der Waals surface area contributed by atoms with Crippen LogP contribution in [0.15, 0.2) is 75.6 Å². The molecule has 0 aliphatic carbocycles. The van der Waals surface area contributed by atoms with E-state index in [0.29, 0.717) is 17.2 Å². The number of para-hydroxylation sites is 1. The maximum atomic E-state index is 12.3. The number of amides is 2. The number of nitrogens with one attached hydrogen (secondary N) is 3. The smallest absolute Gasteiger partial charge is 0.305 e. The number of carbonyl (C=O) groups is 2. The van der Waals surface area contributed by atoms with Crippen LogP contribution in [0.5, 0.6) is 5.75 Å². The SMILES string of the molecule is O=C(NNC(=O)c1ccc(COc2ccccc2)o1)c1cc2ccc(Br)cc2[nH]1. The van der Waals surface area contributed by atoms with Crippen LogP contribution in [0.25, 0.3) is 10.9 Å². The van der Waals surface area contributed by atoms with E-state index < -0.39 is 11.8 Å². The Balaban J connectivity index is 1.33. The molecule has 0 aliphatic rings. The Kier molecular flexibility index (Phi) is 5.35. The van der Waals surface area contributed by atoms with E-state index in [4.69, 9.17) is 9.15 Å². The van der Waals surface area contributed by atoms with Gasteiger partial charge in [-0.15, -0.1) is 0 Å². The maximum absolute atomic E-state index is 12.3. The number of rotatable bonds is 5. The number of halogens is 1. The van der Waals surface area contributed by atoms with Crippen LogP contribution in [-0.2, 0) is 6.61 Å². The lowest BCUT2D eigenvalue weighted by atomic mass is 10.2. The molecular weight excluding hydrogens is 438 g/mol. The summed E-state index contributed by atoms with van der Waals surface area (Å²) in [5.41, 5.74) is 5.84. The quantitative estimate of drug-likeness (QED) is 0.395. The molecule has 0 fully saturated rings. The van der Waals surface area contributed by atoms with Gasteiger partial charge in [0.05, 0.1) is 0 Å². The zero-order valence-corrected chi connectivity index (χ0v) is 16.7. The molecule has 2 heterocycles. The standard InChI is InChI=1S/C21H16BrN3O4/c22-14-7-6-13-10-18(23-17(13)11-14)20(26)24-25-21(27)19-9-8-16(29-19)12-28-15-4-2-1-3-5-15/h1-11,23H,12H2,(H,24,26)(H,25,27). The third-order valence-corrected chi connectivity index (χ3v) is 4.62. The Bertz CT molecular complexity index is 1170. The highest BCUT2D eigenvalue weighted by Crippen LogP contribution is 2.20. The van der Waals surface area contributed by atoms with Crippen LogP contribution in [-0.4, -0.2) is 16.8 Å². The van der Waals surface area contributed by atoms with Gasteiger partial charge in [-0.25, -0.2) is 0 Å². The number of benzene rings is 2. The van der Waals surface area contributed by atoms with Crippen LogP contribution in [0.2, 0.25) is 0 Å². The molecule has 0 saturated carbocycles. The van der Waals surface area contributed by atoms with Gasteiger partial charge < -0.3 is 14.1 Å². The van der Waals surface area contributed by atoms with Gasteiger partial charge in [-0.1, -0.05) is 40.2 Å². The summed E-state index contributed by atoms with van der Waals surface area (Å²) in [5.74, 6) is 0.227. The molecule has 0 atom stereocenters. The average Bonchev–Trinajstić information content (AvgIpc) is 3.38. The van der Waals surface area contributed by atoms with Gasteiger partial charge in [-0.05, 0) is 42.5 Å². The molecule has 0 aliphatic heterocycles. The number of hydrogen-bond donors (Lipinski definition) is 3. The number of fused-ring (bicyclic) bond motifs is 1. The second kappa shape index (κ2) is 8.24. The molecule has 4 rings (SSSR count). The minimum atomic E-state index is -0.567. The molecule has 8 heteroatoms. The van der Waals surface area contributed by atoms with E-state index >= 15 is 0 Å². The fourth-order valence-corrected chi connectivity index (χ4v) is 3.07. The first-order valence-electron chi connectivity index (χ1n) is 8.74. The zero-order chi connectivity index (χ0) is 20.2. The van der Waals surface area contributed by atoms with Gasteiger partial charge in [0.15, 0.2) is 5.76 Å². The van der Waals surface area contributed by atoms with Crippen molar-refractivity contribution in [3.8, 4) is 5.75 Å². The van der Waals surface area contributed by atoms with Gasteiger partial charge >= 0.3 is 5.91 Å². The van der Waals surface area contributed by atoms with E-state index in [0.717, 1.165) is 15.4 Å². The number of hydrazine groups is 1. The van der Waals surface area contributed by atoms with Crippen molar-refractivity contribution in [3.63, 3.8) is 0 Å². The number of furan rings is 1. The summed E-state index contributed by atoms with van der Waals surface area (Å²) in [5, 5.41) is 0.888. The van der Waals surface area contributed by atoms with Crippen molar-refractivity contribution in [1.29, 1.82) is 0 Å². The van der Waals surface area contributed by atoms with E-state index in [1.54, 1.807) is 12.1 Å². The molecule has 2 aromatic heterocycles. The topological polar surface area (TPSA) is 96.4 Å². The lowest BCUT2D eigenvalue weighted by Crippen LogP contribution is -2.41. The molecule has 29 heavy (non-hydrogen) atoms. The predicted octanol–water partition coefficient (Wildman–Crippen LogP) is 4.18. The molecule has 146 valence electrons. The number of aromatic amines is 1. The highest BCUT2D eigenvalue weighted by Gasteiger charge is 2.14. The normalized spacial score (nSPS) is 10.7. The fraction of sp³-hybridized carbons (Fsp3) is 0.0476. The molecule has 0 bridgehead atoms. The molecular formula is C21H16BrN3O4. The molecule has 0 saturated heterocycles. The van der Waals surface area contributed by atoms with Gasteiger partial charge in [0, 0.05) is 15.4 Å². The van der Waals surface area contributed by atoms with Crippen LogP contribution in [0.1, 0.15) is 26.8 Å². The summed E-state index contributed by atoms with van der Waals surface area (Å²) in [6.07, 6.45) is 0. The summed E-state index contributed by atoms with van der Waals surface area (Å²) in [7, 11) is 0. The van der Waals surface area contributed by atoms with Crippen LogP contribution < -0.4 is 15.6 Å². The number of carbonyl (C=O) groups excluding carboxylic acids is 2. The van der Waals surface area contributed by atoms with E-state index in [9.17, 15) is 9.59 Å². The van der Waals surface area contributed by atoms with Gasteiger partial charge in [-0.3, -0.25) is 20.4 Å². The predicted molar refractivity (Wildman–Crippen MR) is 110 cm³/mol. The van der Waals surface area contributed by atoms with Gasteiger partial charge in [0.2, 0.25) is 0 Å². The van der Waals surface area contributed by atoms with Crippen molar-refractivity contribution < 1.29 is 18.7 Å². The van der Waals surface area contributed by atoms with E-state index in [-0.39, 0.29) is 12.4 Å². The minimum Gasteiger partial charge on any atom is -0.486 e. The Morgan fingerprint density at radius 2 is 1.76 bits per heavy atom. The van der Waals surface area contributed by atoms with E-state index in [2.05, 4.69) is 31.8 Å². The van der Waals surface area contributed by atoms with Crippen LogP contribution in [0.3, 0.4) is 0 Å². The summed E-state index contributed by atoms with van der Waals surface area (Å²) in [6, 6.07) is 19.8. The van der Waals surface area contributed by atoms with Gasteiger partial charge in [0.1, 0.15) is 23.8 Å². The largest absolute Gasteiger partial charge is 0.486 e. The third-order valence-electron chi connectivity index (χ3n) is 4.13. The van der Waals surface area contributed by atoms with Gasteiger partial charge in [-0.2, -0.15) is 0 Å². The molecule has 0 radical (unpaired) electrons. The van der Waals surface area contributed by atoms with Crippen LogP contribution in [0.4, 0.5) is 0 Å². The van der Waals surface area contributed by atoms with Crippen molar-refractivity contribution in [2.75, 3.05) is 0 Å². The Morgan fingerprint density at radius 1 is 0.966 bits per heavy atom. The van der Waals surface area contributed by atoms with Crippen LogP contribution >= 0.6 is 15.9 Å². The Hall–Kier alpha value is -3.52. The van der Waals surface area contributed by atoms with Crippen molar-refractivity contribution in [1.82, 2.24) is 15.8 Å². The molecule has 2 amide bonds. The molecule has 4 aromatic rings. The minimum absolute atomic E-state index is 0.0672. The Morgan fingerprint density at radius 3 is 2.59 bits per heavy atom. The number of H-pyrrole nitrogens is 1. The highest BCUT2D eigenvalue weighted by atomic mass is 79.9. The number of hydrogen-bond acceptors (Lipinski definition) is 4. The van der Waals surface area contributed by atoms with Gasteiger partial charge in [0.25, 0.3) is 5.91 Å².